The lowest BCUT2D eigenvalue weighted by molar-refractivity contribution is 0.520. The summed E-state index contributed by atoms with van der Waals surface area (Å²) in [5.41, 5.74) is 1.96. The van der Waals surface area contributed by atoms with Crippen molar-refractivity contribution in [2.45, 2.75) is 18.9 Å². The lowest BCUT2D eigenvalue weighted by atomic mass is 10.00. The van der Waals surface area contributed by atoms with E-state index in [1.54, 1.807) is 36.7 Å². The molecule has 146 valence electrons. The van der Waals surface area contributed by atoms with Crippen LogP contribution in [0.15, 0.2) is 54.9 Å². The maximum Gasteiger partial charge on any atom is 0.225 e. The van der Waals surface area contributed by atoms with Crippen LogP contribution in [0.3, 0.4) is 0 Å². The van der Waals surface area contributed by atoms with Crippen molar-refractivity contribution in [3.63, 3.8) is 0 Å². The molecule has 5 nitrogen and oxygen atoms in total. The van der Waals surface area contributed by atoms with E-state index < -0.39 is 11.6 Å². The van der Waals surface area contributed by atoms with Crippen LogP contribution in [0.5, 0.6) is 0 Å². The van der Waals surface area contributed by atoms with Gasteiger partial charge >= 0.3 is 0 Å². The fourth-order valence-corrected chi connectivity index (χ4v) is 3.55. The second kappa shape index (κ2) is 8.23. The van der Waals surface area contributed by atoms with Crippen LogP contribution in [0.2, 0.25) is 0 Å². The molecule has 0 unspecified atom stereocenters. The highest BCUT2D eigenvalue weighted by molar-refractivity contribution is 5.71. The van der Waals surface area contributed by atoms with Crippen LogP contribution in [-0.4, -0.2) is 29.1 Å². The molecule has 3 aromatic rings. The van der Waals surface area contributed by atoms with Gasteiger partial charge in [-0.25, -0.2) is 18.7 Å². The van der Waals surface area contributed by atoms with Crippen molar-refractivity contribution in [1.82, 2.24) is 9.97 Å². The SMILES string of the molecule is N#Cc1cc(-c2ccc(F)cc2F)ccc1NC1CCN(c2ncccn2)CC1. The van der Waals surface area contributed by atoms with Gasteiger partial charge in [-0.15, -0.1) is 0 Å². The first-order chi connectivity index (χ1) is 14.1. The Bertz CT molecular complexity index is 1040. The molecule has 0 spiro atoms. The summed E-state index contributed by atoms with van der Waals surface area (Å²) in [5.74, 6) is -0.545. The molecule has 4 rings (SSSR count). The van der Waals surface area contributed by atoms with E-state index in [4.69, 9.17) is 0 Å². The third-order valence-corrected chi connectivity index (χ3v) is 5.07. The zero-order chi connectivity index (χ0) is 20.2. The van der Waals surface area contributed by atoms with Crippen molar-refractivity contribution in [2.24, 2.45) is 0 Å². The number of anilines is 2. The number of nitriles is 1. The van der Waals surface area contributed by atoms with Gasteiger partial charge in [-0.1, -0.05) is 6.07 Å². The third-order valence-electron chi connectivity index (χ3n) is 5.07. The van der Waals surface area contributed by atoms with Gasteiger partial charge in [0.05, 0.1) is 11.3 Å². The molecule has 0 saturated carbocycles. The minimum Gasteiger partial charge on any atom is -0.381 e. The van der Waals surface area contributed by atoms with Crippen LogP contribution in [0.25, 0.3) is 11.1 Å². The van der Waals surface area contributed by atoms with Crippen molar-refractivity contribution < 1.29 is 8.78 Å². The van der Waals surface area contributed by atoms with Crippen molar-refractivity contribution in [1.29, 1.82) is 5.26 Å². The summed E-state index contributed by atoms with van der Waals surface area (Å²) in [7, 11) is 0. The van der Waals surface area contributed by atoms with Crippen molar-refractivity contribution in [2.75, 3.05) is 23.3 Å². The van der Waals surface area contributed by atoms with Gasteiger partial charge in [-0.3, -0.25) is 0 Å². The first-order valence-electron chi connectivity index (χ1n) is 9.42. The topological polar surface area (TPSA) is 64.8 Å². The van der Waals surface area contributed by atoms with E-state index in [1.165, 1.54) is 12.1 Å². The van der Waals surface area contributed by atoms with E-state index in [1.807, 2.05) is 0 Å². The molecular formula is C22H19F2N5. The first-order valence-corrected chi connectivity index (χ1v) is 9.42. The highest BCUT2D eigenvalue weighted by Gasteiger charge is 2.21. The summed E-state index contributed by atoms with van der Waals surface area (Å²) in [6.07, 6.45) is 5.24. The molecule has 0 bridgehead atoms. The van der Waals surface area contributed by atoms with Gasteiger partial charge in [-0.05, 0) is 48.7 Å². The third kappa shape index (κ3) is 4.16. The summed E-state index contributed by atoms with van der Waals surface area (Å²) in [5, 5.41) is 13.0. The smallest absolute Gasteiger partial charge is 0.225 e. The van der Waals surface area contributed by atoms with Crippen LogP contribution < -0.4 is 10.2 Å². The average Bonchev–Trinajstić information content (AvgIpc) is 2.75. The summed E-state index contributed by atoms with van der Waals surface area (Å²) in [6.45, 7) is 1.64. The lowest BCUT2D eigenvalue weighted by Crippen LogP contribution is -2.40. The van der Waals surface area contributed by atoms with Gasteiger partial charge in [0, 0.05) is 43.2 Å². The maximum atomic E-state index is 14.1. The molecule has 29 heavy (non-hydrogen) atoms. The zero-order valence-electron chi connectivity index (χ0n) is 15.6. The first kappa shape index (κ1) is 18.8. The van der Waals surface area contributed by atoms with Gasteiger partial charge in [0.15, 0.2) is 0 Å². The molecule has 0 aliphatic carbocycles. The van der Waals surface area contributed by atoms with Crippen LogP contribution in [0.1, 0.15) is 18.4 Å². The van der Waals surface area contributed by atoms with Crippen molar-refractivity contribution in [3.05, 3.63) is 72.1 Å². The number of halogens is 2. The molecule has 1 saturated heterocycles. The number of hydrogen-bond donors (Lipinski definition) is 1. The fraction of sp³-hybridized carbons (Fsp3) is 0.227. The monoisotopic (exact) mass is 391 g/mol. The summed E-state index contributed by atoms with van der Waals surface area (Å²) >= 11 is 0. The Hall–Kier alpha value is -3.53. The Balaban J connectivity index is 1.46. The van der Waals surface area contributed by atoms with E-state index in [2.05, 4.69) is 26.3 Å². The number of piperidine rings is 1. The normalized spacial score (nSPS) is 14.4. The Morgan fingerprint density at radius 1 is 1.03 bits per heavy atom. The molecule has 2 heterocycles. The van der Waals surface area contributed by atoms with E-state index in [-0.39, 0.29) is 11.6 Å². The zero-order valence-corrected chi connectivity index (χ0v) is 15.6. The second-order valence-electron chi connectivity index (χ2n) is 6.95. The van der Waals surface area contributed by atoms with Crippen LogP contribution in [0.4, 0.5) is 20.4 Å². The molecule has 0 amide bonds. The standard InChI is InChI=1S/C22H19F2N5/c23-17-3-4-19(20(24)13-17)15-2-5-21(16(12-15)14-25)28-18-6-10-29(11-7-18)22-26-8-1-9-27-22/h1-5,8-9,12-13,18,28H,6-7,10-11H2. The molecule has 1 aromatic heterocycles. The Labute approximate surface area is 167 Å². The second-order valence-corrected chi connectivity index (χ2v) is 6.95. The predicted molar refractivity (Wildman–Crippen MR) is 107 cm³/mol. The summed E-state index contributed by atoms with van der Waals surface area (Å²) in [4.78, 5) is 10.7. The van der Waals surface area contributed by atoms with Crippen molar-refractivity contribution in [3.8, 4) is 17.2 Å². The van der Waals surface area contributed by atoms with E-state index >= 15 is 0 Å². The number of nitrogens with one attached hydrogen (secondary N) is 1. The largest absolute Gasteiger partial charge is 0.381 e. The van der Waals surface area contributed by atoms with E-state index in [0.29, 0.717) is 16.8 Å². The summed E-state index contributed by atoms with van der Waals surface area (Å²) < 4.78 is 27.2. The molecule has 1 N–H and O–H groups in total. The quantitative estimate of drug-likeness (QED) is 0.715. The van der Waals surface area contributed by atoms with Crippen LogP contribution in [-0.2, 0) is 0 Å². The summed E-state index contributed by atoms with van der Waals surface area (Å²) in [6, 6.07) is 12.8. The minimum absolute atomic E-state index is 0.218. The Morgan fingerprint density at radius 3 is 2.48 bits per heavy atom. The highest BCUT2D eigenvalue weighted by atomic mass is 19.1. The molecule has 1 aliphatic heterocycles. The van der Waals surface area contributed by atoms with Gasteiger partial charge in [-0.2, -0.15) is 5.26 Å². The van der Waals surface area contributed by atoms with Crippen molar-refractivity contribution >= 4 is 11.6 Å². The van der Waals surface area contributed by atoms with Gasteiger partial charge in [0.25, 0.3) is 0 Å². The van der Waals surface area contributed by atoms with Crippen LogP contribution in [0, 0.1) is 23.0 Å². The number of rotatable bonds is 4. The van der Waals surface area contributed by atoms with Gasteiger partial charge < -0.3 is 10.2 Å². The Kier molecular flexibility index (Phi) is 5.34. The van der Waals surface area contributed by atoms with Gasteiger partial charge in [0.2, 0.25) is 5.95 Å². The molecule has 0 atom stereocenters. The number of nitrogens with zero attached hydrogens (tertiary/aromatic N) is 4. The molecule has 1 aliphatic rings. The molecule has 7 heteroatoms. The highest BCUT2D eigenvalue weighted by Crippen LogP contribution is 2.29. The number of aromatic nitrogens is 2. The average molecular weight is 391 g/mol. The maximum absolute atomic E-state index is 14.1. The van der Waals surface area contributed by atoms with E-state index in [0.717, 1.165) is 37.9 Å². The van der Waals surface area contributed by atoms with E-state index in [9.17, 15) is 14.0 Å². The molecule has 0 radical (unpaired) electrons. The number of hydrogen-bond acceptors (Lipinski definition) is 5. The minimum atomic E-state index is -0.648. The molecule has 1 fully saturated rings. The fourth-order valence-electron chi connectivity index (χ4n) is 3.55. The number of benzene rings is 2. The van der Waals surface area contributed by atoms with Gasteiger partial charge in [0.1, 0.15) is 17.7 Å². The molecular weight excluding hydrogens is 372 g/mol. The lowest BCUT2D eigenvalue weighted by Gasteiger charge is -2.33. The van der Waals surface area contributed by atoms with Crippen LogP contribution >= 0.6 is 0 Å². The Morgan fingerprint density at radius 2 is 1.79 bits per heavy atom. The molecule has 2 aromatic carbocycles. The predicted octanol–water partition coefficient (Wildman–Crippen LogP) is 4.37.